The van der Waals surface area contributed by atoms with Crippen LogP contribution >= 0.6 is 23.4 Å². The number of aliphatic imine (C=N–C) groups is 1. The molecule has 0 unspecified atom stereocenters. The van der Waals surface area contributed by atoms with Gasteiger partial charge in [-0.3, -0.25) is 9.69 Å². The summed E-state index contributed by atoms with van der Waals surface area (Å²) in [5.41, 5.74) is 4.96. The van der Waals surface area contributed by atoms with Crippen LogP contribution in [0, 0.1) is 12.7 Å². The number of fused-ring (bicyclic) bond motifs is 1. The second-order valence-electron chi connectivity index (χ2n) is 8.26. The van der Waals surface area contributed by atoms with E-state index >= 15 is 0 Å². The quantitative estimate of drug-likeness (QED) is 0.266. The second kappa shape index (κ2) is 9.72. The molecular formula is C28H23ClFN3OS. The summed E-state index contributed by atoms with van der Waals surface area (Å²) in [6, 6.07) is 22.0. The lowest BCUT2D eigenvalue weighted by molar-refractivity contribution is -0.122. The van der Waals surface area contributed by atoms with Crippen LogP contribution in [0.3, 0.4) is 0 Å². The second-order valence-corrected chi connectivity index (χ2v) is 9.71. The zero-order valence-corrected chi connectivity index (χ0v) is 20.9. The normalized spacial score (nSPS) is 16.2. The summed E-state index contributed by atoms with van der Waals surface area (Å²) < 4.78 is 15.6. The van der Waals surface area contributed by atoms with E-state index < -0.39 is 0 Å². The Balaban J connectivity index is 1.55. The fraction of sp³-hybridized carbons (Fsp3) is 0.143. The molecule has 1 fully saturated rings. The monoisotopic (exact) mass is 503 g/mol. The van der Waals surface area contributed by atoms with Gasteiger partial charge in [0.2, 0.25) is 0 Å². The van der Waals surface area contributed by atoms with E-state index in [1.165, 1.54) is 23.9 Å². The topological polar surface area (TPSA) is 37.6 Å². The van der Waals surface area contributed by atoms with Gasteiger partial charge in [-0.1, -0.05) is 41.9 Å². The number of carbonyl (C=O) groups is 1. The van der Waals surface area contributed by atoms with Gasteiger partial charge in [-0.25, -0.2) is 9.38 Å². The van der Waals surface area contributed by atoms with Gasteiger partial charge in [0.25, 0.3) is 5.91 Å². The molecule has 4 aromatic rings. The van der Waals surface area contributed by atoms with Crippen molar-refractivity contribution in [2.75, 3.05) is 6.54 Å². The molecule has 3 aromatic carbocycles. The van der Waals surface area contributed by atoms with E-state index in [2.05, 4.69) is 28.6 Å². The molecule has 4 nitrogen and oxygen atoms in total. The molecule has 1 amide bonds. The van der Waals surface area contributed by atoms with Crippen LogP contribution in [0.2, 0.25) is 5.02 Å². The van der Waals surface area contributed by atoms with Gasteiger partial charge in [-0.05, 0) is 79.7 Å². The van der Waals surface area contributed by atoms with E-state index in [-0.39, 0.29) is 11.7 Å². The molecule has 1 aliphatic rings. The van der Waals surface area contributed by atoms with Crippen LogP contribution in [0.25, 0.3) is 17.0 Å². The number of amides is 1. The summed E-state index contributed by atoms with van der Waals surface area (Å²) in [5, 5.41) is 2.40. The number of benzene rings is 3. The summed E-state index contributed by atoms with van der Waals surface area (Å²) in [7, 11) is 0. The average Bonchev–Trinajstić information content (AvgIpc) is 3.30. The summed E-state index contributed by atoms with van der Waals surface area (Å²) in [6.07, 6.45) is 1.97. The Bertz CT molecular complexity index is 1470. The number of thioether (sulfide) groups is 1. The molecule has 0 bridgehead atoms. The Labute approximate surface area is 212 Å². The molecular weight excluding hydrogens is 481 g/mol. The minimum Gasteiger partial charge on any atom is -0.340 e. The minimum absolute atomic E-state index is 0.0766. The van der Waals surface area contributed by atoms with Crippen molar-refractivity contribution >= 4 is 57.1 Å². The van der Waals surface area contributed by atoms with Gasteiger partial charge in [0.15, 0.2) is 5.17 Å². The number of rotatable bonds is 5. The standard InChI is InChI=1S/C28H23ClFN3OS/c1-3-32-27(34)26(35-28(32)31-22-14-12-21(30)13-15-22)16-24-18(2)33(25-7-5-4-6-23(24)25)17-19-8-10-20(29)11-9-19/h4-16H,3,17H2,1-2H3/b26-16+,31-28?. The van der Waals surface area contributed by atoms with E-state index in [4.69, 9.17) is 11.6 Å². The van der Waals surface area contributed by atoms with Crippen molar-refractivity contribution in [1.82, 2.24) is 9.47 Å². The molecule has 1 aliphatic heterocycles. The van der Waals surface area contributed by atoms with Crippen molar-refractivity contribution in [2.45, 2.75) is 20.4 Å². The molecule has 7 heteroatoms. The zero-order valence-electron chi connectivity index (χ0n) is 19.3. The zero-order chi connectivity index (χ0) is 24.5. The number of amidine groups is 1. The third kappa shape index (κ3) is 4.64. The smallest absolute Gasteiger partial charge is 0.266 e. The maximum absolute atomic E-state index is 13.3. The Kier molecular flexibility index (Phi) is 6.50. The molecule has 176 valence electrons. The molecule has 35 heavy (non-hydrogen) atoms. The van der Waals surface area contributed by atoms with Crippen LogP contribution in [0.4, 0.5) is 10.1 Å². The first-order valence-corrected chi connectivity index (χ1v) is 12.5. The van der Waals surface area contributed by atoms with E-state index in [9.17, 15) is 9.18 Å². The van der Waals surface area contributed by atoms with E-state index in [1.807, 2.05) is 49.4 Å². The maximum Gasteiger partial charge on any atom is 0.266 e. The third-order valence-electron chi connectivity index (χ3n) is 6.06. The largest absolute Gasteiger partial charge is 0.340 e. The van der Waals surface area contributed by atoms with Crippen LogP contribution in [0.5, 0.6) is 0 Å². The van der Waals surface area contributed by atoms with E-state index in [0.717, 1.165) is 27.7 Å². The van der Waals surface area contributed by atoms with Crippen molar-refractivity contribution in [3.63, 3.8) is 0 Å². The number of likely N-dealkylation sites (N-methyl/N-ethyl adjacent to an activating group) is 1. The van der Waals surface area contributed by atoms with Gasteiger partial charge in [0.05, 0.1) is 10.6 Å². The first-order chi connectivity index (χ1) is 16.9. The fourth-order valence-corrected chi connectivity index (χ4v) is 5.41. The van der Waals surface area contributed by atoms with Gasteiger partial charge >= 0.3 is 0 Å². The Morgan fingerprint density at radius 2 is 1.74 bits per heavy atom. The van der Waals surface area contributed by atoms with Gasteiger partial charge < -0.3 is 4.57 Å². The number of aromatic nitrogens is 1. The van der Waals surface area contributed by atoms with Crippen LogP contribution < -0.4 is 0 Å². The van der Waals surface area contributed by atoms with Crippen molar-refractivity contribution < 1.29 is 9.18 Å². The van der Waals surface area contributed by atoms with Crippen molar-refractivity contribution in [2.24, 2.45) is 4.99 Å². The summed E-state index contributed by atoms with van der Waals surface area (Å²) in [5.74, 6) is -0.394. The number of nitrogens with zero attached hydrogens (tertiary/aromatic N) is 3. The summed E-state index contributed by atoms with van der Waals surface area (Å²) >= 11 is 7.42. The molecule has 1 aromatic heterocycles. The lowest BCUT2D eigenvalue weighted by Gasteiger charge is -2.11. The fourth-order valence-electron chi connectivity index (χ4n) is 4.24. The molecule has 0 atom stereocenters. The number of halogens is 2. The summed E-state index contributed by atoms with van der Waals surface area (Å²) in [6.45, 7) is 5.20. The molecule has 0 aliphatic carbocycles. The first-order valence-electron chi connectivity index (χ1n) is 11.3. The molecule has 0 N–H and O–H groups in total. The van der Waals surface area contributed by atoms with Gasteiger partial charge in [-0.2, -0.15) is 0 Å². The van der Waals surface area contributed by atoms with Crippen LogP contribution in [0.15, 0.2) is 82.7 Å². The predicted molar refractivity (Wildman–Crippen MR) is 144 cm³/mol. The highest BCUT2D eigenvalue weighted by Gasteiger charge is 2.32. The SMILES string of the molecule is CCN1C(=O)/C(=C\c2c(C)n(Cc3ccc(Cl)cc3)c3ccccc23)SC1=Nc1ccc(F)cc1. The molecule has 1 saturated heterocycles. The van der Waals surface area contributed by atoms with Crippen molar-refractivity contribution in [3.8, 4) is 0 Å². The molecule has 0 saturated carbocycles. The molecule has 2 heterocycles. The van der Waals surface area contributed by atoms with Crippen LogP contribution in [-0.4, -0.2) is 27.1 Å². The highest BCUT2D eigenvalue weighted by Crippen LogP contribution is 2.37. The van der Waals surface area contributed by atoms with Crippen LogP contribution in [-0.2, 0) is 11.3 Å². The van der Waals surface area contributed by atoms with Crippen molar-refractivity contribution in [1.29, 1.82) is 0 Å². The lowest BCUT2D eigenvalue weighted by atomic mass is 10.1. The molecule has 0 spiro atoms. The van der Waals surface area contributed by atoms with Gasteiger partial charge in [0.1, 0.15) is 5.82 Å². The highest BCUT2D eigenvalue weighted by molar-refractivity contribution is 8.18. The maximum atomic E-state index is 13.3. The number of hydrogen-bond acceptors (Lipinski definition) is 3. The highest BCUT2D eigenvalue weighted by atomic mass is 35.5. The molecule has 5 rings (SSSR count). The number of hydrogen-bond donors (Lipinski definition) is 0. The Morgan fingerprint density at radius 3 is 2.46 bits per heavy atom. The average molecular weight is 504 g/mol. The summed E-state index contributed by atoms with van der Waals surface area (Å²) in [4.78, 5) is 20.1. The number of carbonyl (C=O) groups excluding carboxylic acids is 1. The first kappa shape index (κ1) is 23.4. The Hall–Kier alpha value is -3.35. The van der Waals surface area contributed by atoms with Gasteiger partial charge in [0, 0.05) is 40.3 Å². The lowest BCUT2D eigenvalue weighted by Crippen LogP contribution is -2.28. The number of para-hydroxylation sites is 1. The van der Waals surface area contributed by atoms with E-state index in [0.29, 0.717) is 33.9 Å². The minimum atomic E-state index is -0.317. The molecule has 0 radical (unpaired) electrons. The van der Waals surface area contributed by atoms with Gasteiger partial charge in [-0.15, -0.1) is 0 Å². The van der Waals surface area contributed by atoms with E-state index in [1.54, 1.807) is 17.0 Å². The predicted octanol–water partition coefficient (Wildman–Crippen LogP) is 7.41. The third-order valence-corrected chi connectivity index (χ3v) is 7.32. The van der Waals surface area contributed by atoms with Crippen molar-refractivity contribution in [3.05, 3.63) is 105 Å². The Morgan fingerprint density at radius 1 is 1.03 bits per heavy atom. The van der Waals surface area contributed by atoms with Crippen LogP contribution in [0.1, 0.15) is 23.7 Å².